The van der Waals surface area contributed by atoms with Gasteiger partial charge in [0.2, 0.25) is 5.91 Å². The highest BCUT2D eigenvalue weighted by molar-refractivity contribution is 8.00. The van der Waals surface area contributed by atoms with Crippen molar-refractivity contribution in [1.29, 1.82) is 0 Å². The fraction of sp³-hybridized carbons (Fsp3) is 0.625. The van der Waals surface area contributed by atoms with E-state index in [1.807, 2.05) is 20.8 Å². The van der Waals surface area contributed by atoms with E-state index in [0.717, 1.165) is 34.5 Å². The molecule has 2 rings (SSSR count). The van der Waals surface area contributed by atoms with Crippen molar-refractivity contribution in [2.75, 3.05) is 5.32 Å². The number of anilines is 1. The molecule has 6 nitrogen and oxygen atoms in total. The van der Waals surface area contributed by atoms with E-state index in [2.05, 4.69) is 45.8 Å². The van der Waals surface area contributed by atoms with Gasteiger partial charge in [-0.05, 0) is 26.7 Å². The summed E-state index contributed by atoms with van der Waals surface area (Å²) in [6.07, 6.45) is 0.832. The Balaban J connectivity index is 2.07. The Bertz CT molecular complexity index is 688. The van der Waals surface area contributed by atoms with Gasteiger partial charge in [0, 0.05) is 17.8 Å². The summed E-state index contributed by atoms with van der Waals surface area (Å²) in [5, 5.41) is 12.6. The second kappa shape index (κ2) is 8.11. The number of aromatic nitrogens is 4. The van der Waals surface area contributed by atoms with Crippen LogP contribution in [0.1, 0.15) is 44.1 Å². The van der Waals surface area contributed by atoms with E-state index < -0.39 is 0 Å². The summed E-state index contributed by atoms with van der Waals surface area (Å²) in [4.78, 5) is 17.9. The van der Waals surface area contributed by atoms with Crippen molar-refractivity contribution < 1.29 is 4.79 Å². The number of carbonyl (C=O) groups is 1. The van der Waals surface area contributed by atoms with Crippen LogP contribution in [-0.4, -0.2) is 30.9 Å². The Kier molecular flexibility index (Phi) is 6.40. The van der Waals surface area contributed by atoms with E-state index in [1.165, 1.54) is 23.1 Å². The lowest BCUT2D eigenvalue weighted by molar-refractivity contribution is -0.115. The molecule has 132 valence electrons. The molecule has 1 atom stereocenters. The first kappa shape index (κ1) is 18.9. The molecule has 0 bridgehead atoms. The van der Waals surface area contributed by atoms with Gasteiger partial charge in [-0.15, -0.1) is 21.5 Å². The van der Waals surface area contributed by atoms with Gasteiger partial charge in [0.25, 0.3) is 0 Å². The molecule has 0 aliphatic carbocycles. The second-order valence-electron chi connectivity index (χ2n) is 6.17. The van der Waals surface area contributed by atoms with Crippen molar-refractivity contribution in [2.24, 2.45) is 5.92 Å². The van der Waals surface area contributed by atoms with Crippen LogP contribution in [0.4, 0.5) is 5.13 Å². The number of aryl methyl sites for hydroxylation is 3. The summed E-state index contributed by atoms with van der Waals surface area (Å²) in [5.41, 5.74) is 0.958. The first-order valence-corrected chi connectivity index (χ1v) is 9.85. The van der Waals surface area contributed by atoms with Crippen LogP contribution in [0.15, 0.2) is 5.16 Å². The van der Waals surface area contributed by atoms with Crippen LogP contribution in [0.25, 0.3) is 0 Å². The maximum Gasteiger partial charge on any atom is 0.239 e. The Labute approximate surface area is 151 Å². The van der Waals surface area contributed by atoms with Crippen molar-refractivity contribution >= 4 is 34.1 Å². The predicted molar refractivity (Wildman–Crippen MR) is 99.8 cm³/mol. The number of carbonyl (C=O) groups excluding carboxylic acids is 1. The molecular formula is C16H25N5OS2. The fourth-order valence-electron chi connectivity index (χ4n) is 2.16. The van der Waals surface area contributed by atoms with Gasteiger partial charge in [-0.3, -0.25) is 4.79 Å². The monoisotopic (exact) mass is 367 g/mol. The second-order valence-corrected chi connectivity index (χ2v) is 8.68. The van der Waals surface area contributed by atoms with Crippen molar-refractivity contribution in [3.63, 3.8) is 0 Å². The zero-order chi connectivity index (χ0) is 17.9. The molecule has 8 heteroatoms. The van der Waals surface area contributed by atoms with E-state index in [1.54, 1.807) is 0 Å². The lowest BCUT2D eigenvalue weighted by Gasteiger charge is -2.14. The molecule has 2 heterocycles. The van der Waals surface area contributed by atoms with E-state index in [4.69, 9.17) is 0 Å². The highest BCUT2D eigenvalue weighted by Gasteiger charge is 2.21. The maximum absolute atomic E-state index is 12.4. The average Bonchev–Trinajstić information content (AvgIpc) is 3.02. The van der Waals surface area contributed by atoms with E-state index in [9.17, 15) is 4.79 Å². The van der Waals surface area contributed by atoms with Crippen LogP contribution in [0.2, 0.25) is 0 Å². The summed E-state index contributed by atoms with van der Waals surface area (Å²) in [6, 6.07) is 0. The average molecular weight is 368 g/mol. The highest BCUT2D eigenvalue weighted by Crippen LogP contribution is 2.26. The number of nitrogens with one attached hydrogen (secondary N) is 1. The predicted octanol–water partition coefficient (Wildman–Crippen LogP) is 3.69. The smallest absolute Gasteiger partial charge is 0.239 e. The minimum atomic E-state index is -0.269. The first-order chi connectivity index (χ1) is 11.3. The van der Waals surface area contributed by atoms with Crippen LogP contribution in [0, 0.1) is 19.8 Å². The van der Waals surface area contributed by atoms with E-state index in [-0.39, 0.29) is 11.2 Å². The topological polar surface area (TPSA) is 72.7 Å². The molecule has 0 spiro atoms. The number of thiazole rings is 1. The third kappa shape index (κ3) is 4.57. The van der Waals surface area contributed by atoms with Gasteiger partial charge in [0.05, 0.1) is 10.9 Å². The molecule has 24 heavy (non-hydrogen) atoms. The highest BCUT2D eigenvalue weighted by atomic mass is 32.2. The fourth-order valence-corrected chi connectivity index (χ4v) is 3.86. The van der Waals surface area contributed by atoms with Crippen molar-refractivity contribution in [3.8, 4) is 0 Å². The number of hydrogen-bond donors (Lipinski definition) is 1. The number of nitrogens with zero attached hydrogens (tertiary/aromatic N) is 4. The van der Waals surface area contributed by atoms with Crippen LogP contribution in [0.5, 0.6) is 0 Å². The summed E-state index contributed by atoms with van der Waals surface area (Å²) in [5.74, 6) is 1.40. The van der Waals surface area contributed by atoms with Crippen LogP contribution in [0.3, 0.4) is 0 Å². The summed E-state index contributed by atoms with van der Waals surface area (Å²) >= 11 is 2.94. The lowest BCUT2D eigenvalue weighted by Crippen LogP contribution is -2.23. The van der Waals surface area contributed by atoms with Gasteiger partial charge in [-0.25, -0.2) is 4.98 Å². The number of hydrogen-bond acceptors (Lipinski definition) is 6. The SMILES string of the molecule is CCc1nnc(S[C@@H](C)C(=O)Nc2nc(C)c(C)s2)n1CC(C)C. The summed E-state index contributed by atoms with van der Waals surface area (Å²) in [6.45, 7) is 13.1. The molecule has 1 N–H and O–H groups in total. The molecule has 0 aromatic carbocycles. The largest absolute Gasteiger partial charge is 0.306 e. The number of amides is 1. The lowest BCUT2D eigenvalue weighted by atomic mass is 10.2. The van der Waals surface area contributed by atoms with Gasteiger partial charge < -0.3 is 9.88 Å². The first-order valence-electron chi connectivity index (χ1n) is 8.15. The molecule has 0 fully saturated rings. The van der Waals surface area contributed by atoms with Gasteiger partial charge in [0.15, 0.2) is 10.3 Å². The molecule has 0 saturated carbocycles. The van der Waals surface area contributed by atoms with Gasteiger partial charge in [-0.2, -0.15) is 0 Å². The molecular weight excluding hydrogens is 342 g/mol. The van der Waals surface area contributed by atoms with Gasteiger partial charge in [-0.1, -0.05) is 32.5 Å². The number of rotatable bonds is 7. The molecule has 2 aromatic rings. The minimum Gasteiger partial charge on any atom is -0.306 e. The Morgan fingerprint density at radius 2 is 2.00 bits per heavy atom. The summed E-state index contributed by atoms with van der Waals surface area (Å²) < 4.78 is 2.12. The zero-order valence-electron chi connectivity index (χ0n) is 15.1. The molecule has 0 saturated heterocycles. The zero-order valence-corrected chi connectivity index (χ0v) is 16.7. The third-order valence-corrected chi connectivity index (χ3v) is 5.64. The van der Waals surface area contributed by atoms with E-state index >= 15 is 0 Å². The molecule has 0 unspecified atom stereocenters. The molecule has 0 radical (unpaired) electrons. The van der Waals surface area contributed by atoms with Crippen LogP contribution < -0.4 is 5.32 Å². The molecule has 1 amide bonds. The van der Waals surface area contributed by atoms with Crippen LogP contribution >= 0.6 is 23.1 Å². The molecule has 2 aromatic heterocycles. The number of thioether (sulfide) groups is 1. The Hall–Kier alpha value is -1.41. The van der Waals surface area contributed by atoms with Gasteiger partial charge >= 0.3 is 0 Å². The molecule has 0 aliphatic heterocycles. The third-order valence-electron chi connectivity index (χ3n) is 3.57. The van der Waals surface area contributed by atoms with Crippen LogP contribution in [-0.2, 0) is 17.8 Å². The molecule has 0 aliphatic rings. The van der Waals surface area contributed by atoms with Crippen molar-refractivity contribution in [2.45, 2.75) is 64.9 Å². The normalized spacial score (nSPS) is 12.6. The standard InChI is InChI=1S/C16H25N5OS2/c1-7-13-19-20-16(21(13)8-9(2)3)24-12(6)14(22)18-15-17-10(4)11(5)23-15/h9,12H,7-8H2,1-6H3,(H,17,18,22)/t12-/m0/s1. The maximum atomic E-state index is 12.4. The quantitative estimate of drug-likeness (QED) is 0.756. The summed E-state index contributed by atoms with van der Waals surface area (Å²) in [7, 11) is 0. The van der Waals surface area contributed by atoms with Crippen molar-refractivity contribution in [3.05, 3.63) is 16.4 Å². The minimum absolute atomic E-state index is 0.0640. The van der Waals surface area contributed by atoms with E-state index in [0.29, 0.717) is 11.0 Å². The van der Waals surface area contributed by atoms with Crippen molar-refractivity contribution in [1.82, 2.24) is 19.7 Å². The Morgan fingerprint density at radius 3 is 2.54 bits per heavy atom. The van der Waals surface area contributed by atoms with Gasteiger partial charge in [0.1, 0.15) is 5.82 Å². The Morgan fingerprint density at radius 1 is 1.29 bits per heavy atom.